The molecule has 0 bridgehead atoms. The molecule has 0 saturated heterocycles. The Morgan fingerprint density at radius 3 is 2.47 bits per heavy atom. The zero-order valence-electron chi connectivity index (χ0n) is 9.48. The number of rotatable bonds is 7. The number of carbonyl (C=O) groups excluding carboxylic acids is 1. The van der Waals surface area contributed by atoms with E-state index < -0.39 is 5.97 Å². The van der Waals surface area contributed by atoms with E-state index in [0.29, 0.717) is 19.5 Å². The first kappa shape index (κ1) is 13.2. The first-order chi connectivity index (χ1) is 8.18. The fourth-order valence-corrected chi connectivity index (χ4v) is 1.33. The summed E-state index contributed by atoms with van der Waals surface area (Å²) in [6.45, 7) is 0.792. The first-order valence-corrected chi connectivity index (χ1v) is 5.41. The third-order valence-corrected chi connectivity index (χ3v) is 2.11. The van der Waals surface area contributed by atoms with Crippen LogP contribution in [0.1, 0.15) is 5.56 Å². The number of nitrogens with one attached hydrogen (secondary N) is 2. The second-order valence-electron chi connectivity index (χ2n) is 3.58. The minimum atomic E-state index is -0.902. The summed E-state index contributed by atoms with van der Waals surface area (Å²) in [6.07, 6.45) is 0.347. The third-order valence-electron chi connectivity index (χ3n) is 2.11. The van der Waals surface area contributed by atoms with E-state index in [1.54, 1.807) is 0 Å². The molecule has 0 radical (unpaired) electrons. The first-order valence-electron chi connectivity index (χ1n) is 5.41. The number of aliphatic carboxylic acids is 1. The Morgan fingerprint density at radius 2 is 1.82 bits per heavy atom. The molecule has 0 saturated carbocycles. The van der Waals surface area contributed by atoms with Gasteiger partial charge in [-0.1, -0.05) is 30.3 Å². The lowest BCUT2D eigenvalue weighted by Crippen LogP contribution is -2.34. The monoisotopic (exact) mass is 236 g/mol. The maximum atomic E-state index is 11.5. The van der Waals surface area contributed by atoms with Gasteiger partial charge in [0.25, 0.3) is 0 Å². The number of carboxylic acids is 1. The van der Waals surface area contributed by atoms with E-state index in [9.17, 15) is 9.59 Å². The van der Waals surface area contributed by atoms with Gasteiger partial charge in [-0.25, -0.2) is 0 Å². The normalized spacial score (nSPS) is 9.88. The highest BCUT2D eigenvalue weighted by molar-refractivity contribution is 5.78. The van der Waals surface area contributed by atoms with Crippen LogP contribution in [0.3, 0.4) is 0 Å². The lowest BCUT2D eigenvalue weighted by molar-refractivity contribution is -0.135. The molecule has 0 heterocycles. The molecule has 0 aliphatic carbocycles. The van der Waals surface area contributed by atoms with Crippen LogP contribution in [0, 0.1) is 0 Å². The van der Waals surface area contributed by atoms with Crippen LogP contribution in [-0.4, -0.2) is 36.6 Å². The van der Waals surface area contributed by atoms with Crippen molar-refractivity contribution >= 4 is 11.9 Å². The quantitative estimate of drug-likeness (QED) is 0.583. The maximum Gasteiger partial charge on any atom is 0.317 e. The molecule has 0 aromatic heterocycles. The molecule has 5 heteroatoms. The number of hydrogen-bond donors (Lipinski definition) is 3. The van der Waals surface area contributed by atoms with Crippen molar-refractivity contribution < 1.29 is 14.7 Å². The molecule has 0 fully saturated rings. The highest BCUT2D eigenvalue weighted by Gasteiger charge is 2.01. The average Bonchev–Trinajstić information content (AvgIpc) is 2.29. The van der Waals surface area contributed by atoms with Gasteiger partial charge in [-0.3, -0.25) is 9.59 Å². The number of benzene rings is 1. The van der Waals surface area contributed by atoms with Gasteiger partial charge in [-0.05, 0) is 5.56 Å². The number of amides is 1. The summed E-state index contributed by atoms with van der Waals surface area (Å²) >= 11 is 0. The summed E-state index contributed by atoms with van der Waals surface area (Å²) in [5, 5.41) is 13.8. The van der Waals surface area contributed by atoms with Crippen LogP contribution < -0.4 is 10.6 Å². The van der Waals surface area contributed by atoms with Crippen molar-refractivity contribution in [3.63, 3.8) is 0 Å². The lowest BCUT2D eigenvalue weighted by atomic mass is 10.1. The smallest absolute Gasteiger partial charge is 0.317 e. The molecule has 1 rings (SSSR count). The van der Waals surface area contributed by atoms with Gasteiger partial charge < -0.3 is 15.7 Å². The molecule has 0 aliphatic rings. The van der Waals surface area contributed by atoms with Gasteiger partial charge in [0.15, 0.2) is 0 Å². The molecule has 17 heavy (non-hydrogen) atoms. The van der Waals surface area contributed by atoms with Crippen molar-refractivity contribution in [3.8, 4) is 0 Å². The van der Waals surface area contributed by atoms with Crippen molar-refractivity contribution in [1.82, 2.24) is 10.6 Å². The predicted octanol–water partition coefficient (Wildman–Crippen LogP) is 0.0195. The third kappa shape index (κ3) is 6.32. The minimum Gasteiger partial charge on any atom is -0.480 e. The van der Waals surface area contributed by atoms with Crippen molar-refractivity contribution in [1.29, 1.82) is 0 Å². The van der Waals surface area contributed by atoms with Crippen LogP contribution in [0.4, 0.5) is 0 Å². The van der Waals surface area contributed by atoms with E-state index in [1.807, 2.05) is 30.3 Å². The van der Waals surface area contributed by atoms with Gasteiger partial charge in [0.05, 0.1) is 13.0 Å². The van der Waals surface area contributed by atoms with E-state index in [-0.39, 0.29) is 12.5 Å². The van der Waals surface area contributed by atoms with Crippen molar-refractivity contribution in [3.05, 3.63) is 35.9 Å². The minimum absolute atomic E-state index is 0.0617. The Morgan fingerprint density at radius 1 is 1.12 bits per heavy atom. The summed E-state index contributed by atoms with van der Waals surface area (Å²) in [5.41, 5.74) is 0.962. The molecule has 3 N–H and O–H groups in total. The molecule has 0 unspecified atom stereocenters. The van der Waals surface area contributed by atoms with E-state index in [2.05, 4.69) is 10.6 Å². The molecule has 5 nitrogen and oxygen atoms in total. The van der Waals surface area contributed by atoms with Crippen LogP contribution in [0.15, 0.2) is 30.3 Å². The van der Waals surface area contributed by atoms with Crippen LogP contribution in [0.5, 0.6) is 0 Å². The highest BCUT2D eigenvalue weighted by Crippen LogP contribution is 1.98. The predicted molar refractivity (Wildman–Crippen MR) is 63.7 cm³/mol. The van der Waals surface area contributed by atoms with E-state index in [0.717, 1.165) is 5.56 Å². The molecule has 1 amide bonds. The lowest BCUT2D eigenvalue weighted by Gasteiger charge is -2.05. The van der Waals surface area contributed by atoms with Crippen LogP contribution in [0.2, 0.25) is 0 Å². The fourth-order valence-electron chi connectivity index (χ4n) is 1.33. The number of hydrogen-bond acceptors (Lipinski definition) is 3. The Labute approximate surface area is 99.8 Å². The van der Waals surface area contributed by atoms with Crippen LogP contribution in [0.25, 0.3) is 0 Å². The highest BCUT2D eigenvalue weighted by atomic mass is 16.4. The SMILES string of the molecule is O=C(O)CNCCNC(=O)Cc1ccccc1. The largest absolute Gasteiger partial charge is 0.480 e. The summed E-state index contributed by atoms with van der Waals surface area (Å²) in [4.78, 5) is 21.6. The molecule has 92 valence electrons. The second-order valence-corrected chi connectivity index (χ2v) is 3.58. The maximum absolute atomic E-state index is 11.5. The number of carbonyl (C=O) groups is 2. The van der Waals surface area contributed by atoms with Gasteiger partial charge in [0.2, 0.25) is 5.91 Å². The Hall–Kier alpha value is -1.88. The Balaban J connectivity index is 2.12. The Bertz CT molecular complexity index is 365. The topological polar surface area (TPSA) is 78.4 Å². The standard InChI is InChI=1S/C12H16N2O3/c15-11(8-10-4-2-1-3-5-10)14-7-6-13-9-12(16)17/h1-5,13H,6-9H2,(H,14,15)(H,16,17). The van der Waals surface area contributed by atoms with Crippen molar-refractivity contribution in [2.75, 3.05) is 19.6 Å². The summed E-state index contributed by atoms with van der Waals surface area (Å²) in [5.74, 6) is -0.964. The van der Waals surface area contributed by atoms with Gasteiger partial charge in [-0.2, -0.15) is 0 Å². The zero-order valence-corrected chi connectivity index (χ0v) is 9.48. The van der Waals surface area contributed by atoms with Gasteiger partial charge in [0.1, 0.15) is 0 Å². The molecule has 0 spiro atoms. The Kier molecular flexibility index (Phi) is 5.74. The van der Waals surface area contributed by atoms with Gasteiger partial charge >= 0.3 is 5.97 Å². The molecular weight excluding hydrogens is 220 g/mol. The average molecular weight is 236 g/mol. The molecule has 1 aromatic rings. The molecular formula is C12H16N2O3. The second kappa shape index (κ2) is 7.40. The summed E-state index contributed by atoms with van der Waals surface area (Å²) in [7, 11) is 0. The van der Waals surface area contributed by atoms with E-state index in [1.165, 1.54) is 0 Å². The number of carboxylic acid groups (broad SMARTS) is 1. The van der Waals surface area contributed by atoms with Gasteiger partial charge in [-0.15, -0.1) is 0 Å². The van der Waals surface area contributed by atoms with Gasteiger partial charge in [0, 0.05) is 13.1 Å². The van der Waals surface area contributed by atoms with E-state index >= 15 is 0 Å². The molecule has 0 atom stereocenters. The molecule has 1 aromatic carbocycles. The summed E-state index contributed by atoms with van der Waals surface area (Å²) in [6, 6.07) is 9.45. The van der Waals surface area contributed by atoms with Crippen molar-refractivity contribution in [2.24, 2.45) is 0 Å². The van der Waals surface area contributed by atoms with Crippen LogP contribution in [-0.2, 0) is 16.0 Å². The van der Waals surface area contributed by atoms with Crippen LogP contribution >= 0.6 is 0 Å². The van der Waals surface area contributed by atoms with Crippen molar-refractivity contribution in [2.45, 2.75) is 6.42 Å². The summed E-state index contributed by atoms with van der Waals surface area (Å²) < 4.78 is 0. The van der Waals surface area contributed by atoms with E-state index in [4.69, 9.17) is 5.11 Å². The zero-order chi connectivity index (χ0) is 12.5. The fraction of sp³-hybridized carbons (Fsp3) is 0.333. The molecule has 0 aliphatic heterocycles.